The van der Waals surface area contributed by atoms with E-state index < -0.39 is 0 Å². The Morgan fingerprint density at radius 1 is 1.00 bits per heavy atom. The van der Waals surface area contributed by atoms with Gasteiger partial charge in [0.2, 0.25) is 0 Å². The number of Topliss-reactive ketones (excluding diaryl/α,β-unsaturated/α-hetero) is 1. The summed E-state index contributed by atoms with van der Waals surface area (Å²) in [5.74, 6) is 0.430. The normalized spacial score (nSPS) is 18.4. The average Bonchev–Trinajstić information content (AvgIpc) is 2.80. The Balaban J connectivity index is 2.29. The van der Waals surface area contributed by atoms with Gasteiger partial charge in [-0.25, -0.2) is 0 Å². The largest absolute Gasteiger partial charge is 0.297 e. The molecule has 116 valence electrons. The smallest absolute Gasteiger partial charge is 0.157 e. The number of hydrogen-bond acceptors (Lipinski definition) is 2. The molecule has 21 heavy (non-hydrogen) atoms. The van der Waals surface area contributed by atoms with Gasteiger partial charge in [-0.15, -0.1) is 0 Å². The third-order valence-corrected chi connectivity index (χ3v) is 5.08. The second-order valence-electron chi connectivity index (χ2n) is 6.25. The van der Waals surface area contributed by atoms with Crippen molar-refractivity contribution in [3.8, 4) is 0 Å². The van der Waals surface area contributed by atoms with E-state index >= 15 is 0 Å². The number of rotatable bonds is 6. The van der Waals surface area contributed by atoms with E-state index in [9.17, 15) is 4.79 Å². The highest BCUT2D eigenvalue weighted by Crippen LogP contribution is 2.39. The van der Waals surface area contributed by atoms with Crippen molar-refractivity contribution in [2.75, 3.05) is 19.6 Å². The van der Waals surface area contributed by atoms with Crippen molar-refractivity contribution in [3.05, 3.63) is 35.9 Å². The van der Waals surface area contributed by atoms with Crippen molar-refractivity contribution in [1.82, 2.24) is 4.90 Å². The van der Waals surface area contributed by atoms with E-state index in [1.807, 2.05) is 6.07 Å². The van der Waals surface area contributed by atoms with Gasteiger partial charge in [-0.1, -0.05) is 69.9 Å². The lowest BCUT2D eigenvalue weighted by Gasteiger charge is -2.34. The molecular formula is C19H29NO. The van der Waals surface area contributed by atoms with Gasteiger partial charge in [0.15, 0.2) is 5.78 Å². The van der Waals surface area contributed by atoms with Crippen LogP contribution in [0.25, 0.3) is 0 Å². The number of benzene rings is 1. The predicted octanol–water partition coefficient (Wildman–Crippen LogP) is 4.19. The van der Waals surface area contributed by atoms with Crippen LogP contribution >= 0.6 is 0 Å². The van der Waals surface area contributed by atoms with Crippen molar-refractivity contribution in [2.24, 2.45) is 0 Å². The summed E-state index contributed by atoms with van der Waals surface area (Å²) in [6.07, 6.45) is 6.95. The van der Waals surface area contributed by atoms with Crippen LogP contribution in [0.15, 0.2) is 30.3 Å². The fourth-order valence-electron chi connectivity index (χ4n) is 3.62. The molecule has 2 rings (SSSR count). The topological polar surface area (TPSA) is 20.3 Å². The van der Waals surface area contributed by atoms with E-state index in [2.05, 4.69) is 43.0 Å². The first-order valence-corrected chi connectivity index (χ1v) is 8.54. The third-order valence-electron chi connectivity index (χ3n) is 5.08. The molecule has 0 radical (unpaired) electrons. The first kappa shape index (κ1) is 16.2. The standard InChI is InChI=1S/C19H29NO/c1-3-20(4-2)16-18(21)19(14-10-5-6-11-15-19)17-12-8-7-9-13-17/h7-9,12-13H,3-6,10-11,14-16H2,1-2H3. The van der Waals surface area contributed by atoms with Crippen molar-refractivity contribution >= 4 is 5.78 Å². The molecule has 0 heterocycles. The van der Waals surface area contributed by atoms with Gasteiger partial charge in [0, 0.05) is 0 Å². The molecule has 1 fully saturated rings. The maximum absolute atomic E-state index is 13.2. The molecule has 0 aromatic heterocycles. The van der Waals surface area contributed by atoms with Gasteiger partial charge < -0.3 is 0 Å². The summed E-state index contributed by atoms with van der Waals surface area (Å²) >= 11 is 0. The van der Waals surface area contributed by atoms with Gasteiger partial charge in [-0.3, -0.25) is 9.69 Å². The molecule has 1 aromatic carbocycles. The summed E-state index contributed by atoms with van der Waals surface area (Å²) < 4.78 is 0. The zero-order valence-corrected chi connectivity index (χ0v) is 13.6. The second-order valence-corrected chi connectivity index (χ2v) is 6.25. The highest BCUT2D eigenvalue weighted by molar-refractivity contribution is 5.91. The van der Waals surface area contributed by atoms with Crippen LogP contribution in [0.1, 0.15) is 57.9 Å². The van der Waals surface area contributed by atoms with Crippen LogP contribution in [0.3, 0.4) is 0 Å². The van der Waals surface area contributed by atoms with Gasteiger partial charge in [0.05, 0.1) is 12.0 Å². The molecule has 1 aromatic rings. The Hall–Kier alpha value is -1.15. The Bertz CT molecular complexity index is 428. The van der Waals surface area contributed by atoms with Crippen LogP contribution in [-0.4, -0.2) is 30.3 Å². The minimum absolute atomic E-state index is 0.236. The molecule has 0 saturated heterocycles. The van der Waals surface area contributed by atoms with E-state index in [4.69, 9.17) is 0 Å². The van der Waals surface area contributed by atoms with E-state index in [0.29, 0.717) is 12.3 Å². The summed E-state index contributed by atoms with van der Waals surface area (Å²) in [6.45, 7) is 6.78. The summed E-state index contributed by atoms with van der Waals surface area (Å²) in [5.41, 5.74) is 1.00. The number of hydrogen-bond donors (Lipinski definition) is 0. The first-order valence-electron chi connectivity index (χ1n) is 8.54. The minimum atomic E-state index is -0.236. The van der Waals surface area contributed by atoms with Gasteiger partial charge in [-0.05, 0) is 31.5 Å². The maximum Gasteiger partial charge on any atom is 0.157 e. The van der Waals surface area contributed by atoms with Crippen LogP contribution < -0.4 is 0 Å². The Kier molecular flexibility index (Phi) is 5.98. The Labute approximate surface area is 129 Å². The maximum atomic E-state index is 13.2. The molecule has 0 atom stereocenters. The molecule has 0 unspecified atom stereocenters. The number of carbonyl (C=O) groups excluding carboxylic acids is 1. The van der Waals surface area contributed by atoms with E-state index in [1.165, 1.54) is 31.2 Å². The third kappa shape index (κ3) is 3.74. The number of carbonyl (C=O) groups is 1. The monoisotopic (exact) mass is 287 g/mol. The first-order chi connectivity index (χ1) is 10.2. The molecule has 2 nitrogen and oxygen atoms in total. The molecule has 0 aliphatic heterocycles. The lowest BCUT2D eigenvalue weighted by Crippen LogP contribution is -2.43. The molecule has 0 spiro atoms. The van der Waals surface area contributed by atoms with Gasteiger partial charge in [-0.2, -0.15) is 0 Å². The zero-order valence-electron chi connectivity index (χ0n) is 13.6. The lowest BCUT2D eigenvalue weighted by atomic mass is 9.71. The van der Waals surface area contributed by atoms with Crippen LogP contribution in [0.2, 0.25) is 0 Å². The van der Waals surface area contributed by atoms with E-state index in [-0.39, 0.29) is 5.41 Å². The van der Waals surface area contributed by atoms with Gasteiger partial charge >= 0.3 is 0 Å². The molecular weight excluding hydrogens is 258 g/mol. The summed E-state index contributed by atoms with van der Waals surface area (Å²) in [7, 11) is 0. The van der Waals surface area contributed by atoms with Gasteiger partial charge in [0.1, 0.15) is 0 Å². The molecule has 1 saturated carbocycles. The SMILES string of the molecule is CCN(CC)CC(=O)C1(c2ccccc2)CCCCCC1. The Morgan fingerprint density at radius 3 is 2.10 bits per heavy atom. The van der Waals surface area contributed by atoms with E-state index in [0.717, 1.165) is 25.9 Å². The summed E-state index contributed by atoms with van der Waals surface area (Å²) in [6, 6.07) is 10.5. The van der Waals surface area contributed by atoms with Gasteiger partial charge in [0.25, 0.3) is 0 Å². The van der Waals surface area contributed by atoms with Crippen molar-refractivity contribution in [2.45, 2.75) is 57.8 Å². The Morgan fingerprint density at radius 2 is 1.57 bits per heavy atom. The zero-order chi connectivity index (χ0) is 15.1. The van der Waals surface area contributed by atoms with Crippen LogP contribution in [0.4, 0.5) is 0 Å². The number of likely N-dealkylation sites (N-methyl/N-ethyl adjacent to an activating group) is 1. The van der Waals surface area contributed by atoms with Crippen molar-refractivity contribution in [3.63, 3.8) is 0 Å². The lowest BCUT2D eigenvalue weighted by molar-refractivity contribution is -0.126. The molecule has 0 bridgehead atoms. The van der Waals surface area contributed by atoms with Crippen LogP contribution in [0, 0.1) is 0 Å². The molecule has 1 aliphatic carbocycles. The predicted molar refractivity (Wildman–Crippen MR) is 88.6 cm³/mol. The van der Waals surface area contributed by atoms with Crippen molar-refractivity contribution in [1.29, 1.82) is 0 Å². The molecule has 0 N–H and O–H groups in total. The summed E-state index contributed by atoms with van der Waals surface area (Å²) in [4.78, 5) is 15.4. The number of ketones is 1. The number of nitrogens with zero attached hydrogens (tertiary/aromatic N) is 1. The molecule has 1 aliphatic rings. The van der Waals surface area contributed by atoms with Crippen LogP contribution in [0.5, 0.6) is 0 Å². The highest BCUT2D eigenvalue weighted by Gasteiger charge is 2.39. The minimum Gasteiger partial charge on any atom is -0.297 e. The summed E-state index contributed by atoms with van der Waals surface area (Å²) in [5, 5.41) is 0. The van der Waals surface area contributed by atoms with Crippen molar-refractivity contribution < 1.29 is 4.79 Å². The molecule has 0 amide bonds. The second kappa shape index (κ2) is 7.74. The fraction of sp³-hybridized carbons (Fsp3) is 0.632. The highest BCUT2D eigenvalue weighted by atomic mass is 16.1. The molecule has 2 heteroatoms. The van der Waals surface area contributed by atoms with E-state index in [1.54, 1.807) is 0 Å². The quantitative estimate of drug-likeness (QED) is 0.731. The average molecular weight is 287 g/mol. The van der Waals surface area contributed by atoms with Crippen LogP contribution in [-0.2, 0) is 10.2 Å². The fourth-order valence-corrected chi connectivity index (χ4v) is 3.62.